The van der Waals surface area contributed by atoms with Crippen molar-refractivity contribution >= 4 is 17.3 Å². The smallest absolute Gasteiger partial charge is 0.369 e. The predicted molar refractivity (Wildman–Crippen MR) is 86.4 cm³/mol. The molecule has 1 saturated heterocycles. The maximum atomic E-state index is 15.2. The zero-order valence-electron chi connectivity index (χ0n) is 13.7. The number of aryl methyl sites for hydroxylation is 1. The molecular weight excluding hydrogens is 374 g/mol. The lowest BCUT2D eigenvalue weighted by molar-refractivity contribution is -0.137. The van der Waals surface area contributed by atoms with Crippen molar-refractivity contribution < 1.29 is 17.6 Å². The Hall–Kier alpha value is -2.34. The standard InChI is InChI=1S/C16H14ClF4N5/c1-25-9-23-24-14(25)15(18)2-4-26(5-3-15)13-10(8-22)6-11(7-12(13)17)16(19,20)21/h6-7,9H,2-5H2,1H3. The van der Waals surface area contributed by atoms with Gasteiger partial charge in [0.05, 0.1) is 21.8 Å². The van der Waals surface area contributed by atoms with Crippen LogP contribution in [-0.2, 0) is 18.9 Å². The number of alkyl halides is 4. The molecule has 26 heavy (non-hydrogen) atoms. The Kier molecular flexibility index (Phi) is 4.56. The van der Waals surface area contributed by atoms with Crippen LogP contribution in [-0.4, -0.2) is 27.9 Å². The Balaban J connectivity index is 1.88. The van der Waals surface area contributed by atoms with Crippen LogP contribution in [0.25, 0.3) is 0 Å². The van der Waals surface area contributed by atoms with Crippen LogP contribution >= 0.6 is 11.6 Å². The van der Waals surface area contributed by atoms with Gasteiger partial charge in [-0.25, -0.2) is 4.39 Å². The highest BCUT2D eigenvalue weighted by atomic mass is 35.5. The molecule has 0 atom stereocenters. The second-order valence-electron chi connectivity index (χ2n) is 6.18. The largest absolute Gasteiger partial charge is 0.416 e. The number of anilines is 1. The Morgan fingerprint density at radius 2 is 1.92 bits per heavy atom. The highest BCUT2D eigenvalue weighted by molar-refractivity contribution is 6.33. The number of nitrogens with zero attached hydrogens (tertiary/aromatic N) is 5. The van der Waals surface area contributed by atoms with Crippen LogP contribution in [0.1, 0.15) is 29.8 Å². The van der Waals surface area contributed by atoms with E-state index in [1.807, 2.05) is 0 Å². The number of benzene rings is 1. The summed E-state index contributed by atoms with van der Waals surface area (Å²) >= 11 is 6.04. The van der Waals surface area contributed by atoms with Crippen molar-refractivity contribution in [1.29, 1.82) is 5.26 Å². The first-order valence-electron chi connectivity index (χ1n) is 7.75. The molecule has 0 unspecified atom stereocenters. The lowest BCUT2D eigenvalue weighted by Crippen LogP contribution is -2.42. The first kappa shape index (κ1) is 18.5. The molecule has 0 spiro atoms. The van der Waals surface area contributed by atoms with Crippen molar-refractivity contribution in [3.63, 3.8) is 0 Å². The van der Waals surface area contributed by atoms with E-state index in [9.17, 15) is 18.4 Å². The maximum Gasteiger partial charge on any atom is 0.416 e. The minimum Gasteiger partial charge on any atom is -0.369 e. The van der Waals surface area contributed by atoms with Crippen LogP contribution in [0.15, 0.2) is 18.5 Å². The lowest BCUT2D eigenvalue weighted by atomic mass is 9.91. The Morgan fingerprint density at radius 1 is 1.27 bits per heavy atom. The van der Waals surface area contributed by atoms with E-state index in [4.69, 9.17) is 11.6 Å². The van der Waals surface area contributed by atoms with Crippen LogP contribution < -0.4 is 4.90 Å². The van der Waals surface area contributed by atoms with Crippen molar-refractivity contribution in [2.24, 2.45) is 7.05 Å². The van der Waals surface area contributed by atoms with Gasteiger partial charge in [0, 0.05) is 33.0 Å². The van der Waals surface area contributed by atoms with Gasteiger partial charge in [0.25, 0.3) is 0 Å². The van der Waals surface area contributed by atoms with E-state index in [2.05, 4.69) is 10.2 Å². The summed E-state index contributed by atoms with van der Waals surface area (Å²) in [5.74, 6) is 0.205. The number of rotatable bonds is 2. The van der Waals surface area contributed by atoms with Crippen molar-refractivity contribution in [3.05, 3.63) is 40.4 Å². The molecule has 3 rings (SSSR count). The van der Waals surface area contributed by atoms with Gasteiger partial charge in [0.2, 0.25) is 0 Å². The number of halogens is 5. The van der Waals surface area contributed by atoms with Gasteiger partial charge in [-0.15, -0.1) is 10.2 Å². The van der Waals surface area contributed by atoms with Gasteiger partial charge in [-0.05, 0) is 12.1 Å². The van der Waals surface area contributed by atoms with E-state index >= 15 is 4.39 Å². The average Bonchev–Trinajstić information content (AvgIpc) is 3.01. The van der Waals surface area contributed by atoms with Crippen molar-refractivity contribution in [3.8, 4) is 6.07 Å². The molecule has 0 bridgehead atoms. The molecule has 1 aromatic carbocycles. The first-order valence-corrected chi connectivity index (χ1v) is 8.13. The van der Waals surface area contributed by atoms with Gasteiger partial charge in [-0.3, -0.25) is 0 Å². The molecule has 0 aliphatic carbocycles. The second kappa shape index (κ2) is 6.43. The van der Waals surface area contributed by atoms with Crippen LogP contribution in [0.5, 0.6) is 0 Å². The van der Waals surface area contributed by atoms with E-state index in [1.165, 1.54) is 10.9 Å². The molecule has 0 amide bonds. The van der Waals surface area contributed by atoms with E-state index in [-0.39, 0.29) is 48.0 Å². The zero-order chi connectivity index (χ0) is 19.1. The summed E-state index contributed by atoms with van der Waals surface area (Å²) < 4.78 is 55.4. The molecular formula is C16H14ClF4N5. The molecule has 1 aromatic heterocycles. The summed E-state index contributed by atoms with van der Waals surface area (Å²) in [5, 5.41) is 16.6. The molecule has 10 heteroatoms. The zero-order valence-corrected chi connectivity index (χ0v) is 14.4. The minimum atomic E-state index is -4.60. The van der Waals surface area contributed by atoms with E-state index in [0.717, 1.165) is 12.1 Å². The minimum absolute atomic E-state index is 0.0573. The first-order chi connectivity index (χ1) is 12.2. The molecule has 1 aliphatic heterocycles. The Morgan fingerprint density at radius 3 is 2.42 bits per heavy atom. The maximum absolute atomic E-state index is 15.2. The van der Waals surface area contributed by atoms with E-state index in [0.29, 0.717) is 0 Å². The summed E-state index contributed by atoms with van der Waals surface area (Å²) in [4.78, 5) is 1.63. The van der Waals surface area contributed by atoms with Crippen LogP contribution in [0.2, 0.25) is 5.02 Å². The van der Waals surface area contributed by atoms with Crippen molar-refractivity contribution in [2.75, 3.05) is 18.0 Å². The molecule has 2 heterocycles. The highest BCUT2D eigenvalue weighted by Crippen LogP contribution is 2.42. The topological polar surface area (TPSA) is 57.7 Å². The molecule has 1 fully saturated rings. The molecule has 0 saturated carbocycles. The third-order valence-electron chi connectivity index (χ3n) is 4.50. The predicted octanol–water partition coefficient (Wildman–Crippen LogP) is 3.82. The van der Waals surface area contributed by atoms with Gasteiger partial charge >= 0.3 is 6.18 Å². The van der Waals surface area contributed by atoms with Crippen LogP contribution in [0, 0.1) is 11.3 Å². The summed E-state index contributed by atoms with van der Waals surface area (Å²) in [5.41, 5.74) is -2.66. The number of aromatic nitrogens is 3. The third kappa shape index (κ3) is 3.21. The number of piperidine rings is 1. The van der Waals surface area contributed by atoms with Gasteiger partial charge in [-0.2, -0.15) is 18.4 Å². The monoisotopic (exact) mass is 387 g/mol. The molecule has 1 aliphatic rings. The fourth-order valence-corrected chi connectivity index (χ4v) is 3.51. The molecule has 5 nitrogen and oxygen atoms in total. The molecule has 0 N–H and O–H groups in total. The normalized spacial score (nSPS) is 17.2. The quantitative estimate of drug-likeness (QED) is 0.735. The Labute approximate surface area is 151 Å². The van der Waals surface area contributed by atoms with E-state index < -0.39 is 17.4 Å². The number of nitriles is 1. The van der Waals surface area contributed by atoms with Crippen molar-refractivity contribution in [2.45, 2.75) is 24.7 Å². The van der Waals surface area contributed by atoms with Gasteiger partial charge in [-0.1, -0.05) is 11.6 Å². The summed E-state index contributed by atoms with van der Waals surface area (Å²) in [6.07, 6.45) is -3.08. The van der Waals surface area contributed by atoms with Gasteiger partial charge < -0.3 is 9.47 Å². The van der Waals surface area contributed by atoms with Crippen molar-refractivity contribution in [1.82, 2.24) is 14.8 Å². The van der Waals surface area contributed by atoms with Gasteiger partial charge in [0.1, 0.15) is 12.4 Å². The lowest BCUT2D eigenvalue weighted by Gasteiger charge is -2.37. The third-order valence-corrected chi connectivity index (χ3v) is 4.78. The summed E-state index contributed by atoms with van der Waals surface area (Å²) in [6, 6.07) is 3.31. The molecule has 0 radical (unpaired) electrons. The SMILES string of the molecule is Cn1cnnc1C1(F)CCN(c2c(Cl)cc(C(F)(F)F)cc2C#N)CC1. The average molecular weight is 388 g/mol. The molecule has 138 valence electrons. The fraction of sp³-hybridized carbons (Fsp3) is 0.438. The number of hydrogen-bond donors (Lipinski definition) is 0. The number of hydrogen-bond acceptors (Lipinski definition) is 4. The molecule has 2 aromatic rings. The van der Waals surface area contributed by atoms with Crippen LogP contribution in [0.3, 0.4) is 0 Å². The van der Waals surface area contributed by atoms with Gasteiger partial charge in [0.15, 0.2) is 11.5 Å². The van der Waals surface area contributed by atoms with E-state index in [1.54, 1.807) is 18.0 Å². The summed E-state index contributed by atoms with van der Waals surface area (Å²) in [7, 11) is 1.64. The second-order valence-corrected chi connectivity index (χ2v) is 6.59. The summed E-state index contributed by atoms with van der Waals surface area (Å²) in [6.45, 7) is 0.367. The fourth-order valence-electron chi connectivity index (χ4n) is 3.17. The Bertz CT molecular complexity index is 863. The highest BCUT2D eigenvalue weighted by Gasteiger charge is 2.41. The van der Waals surface area contributed by atoms with Crippen LogP contribution in [0.4, 0.5) is 23.2 Å².